The number of hydrogen-bond acceptors (Lipinski definition) is 19. The highest BCUT2D eigenvalue weighted by Crippen LogP contribution is 2.12. The van der Waals surface area contributed by atoms with Gasteiger partial charge in [-0.3, -0.25) is 49.2 Å². The van der Waals surface area contributed by atoms with E-state index in [1.807, 2.05) is 19.3 Å². The zero-order chi connectivity index (χ0) is 42.9. The number of primary amides is 1. The van der Waals surface area contributed by atoms with E-state index >= 15 is 0 Å². The number of methoxy groups -OCH3 is 1. The number of aromatic nitrogens is 5. The van der Waals surface area contributed by atoms with Crippen LogP contribution in [0.1, 0.15) is 56.9 Å². The molecule has 308 valence electrons. The zero-order valence-electron chi connectivity index (χ0n) is 30.5. The summed E-state index contributed by atoms with van der Waals surface area (Å²) in [5.41, 5.74) is 7.17. The Morgan fingerprint density at radius 3 is 1.77 bits per heavy atom. The van der Waals surface area contributed by atoms with Crippen molar-refractivity contribution in [2.24, 2.45) is 12.8 Å². The molecule has 0 spiro atoms. The predicted octanol–water partition coefficient (Wildman–Crippen LogP) is -4.75. The van der Waals surface area contributed by atoms with Gasteiger partial charge in [-0.05, 0) is 6.92 Å². The summed E-state index contributed by atoms with van der Waals surface area (Å²) in [6.45, 7) is 5.19. The number of aryl methyl sites for hydroxylation is 1. The quantitative estimate of drug-likeness (QED) is 0.0441. The van der Waals surface area contributed by atoms with Gasteiger partial charge in [0.15, 0.2) is 35.8 Å². The predicted molar refractivity (Wildman–Crippen MR) is 176 cm³/mol. The number of rotatable bonds is 19. The number of ether oxygens (including phenoxy) is 5. The highest BCUT2D eigenvalue weighted by Gasteiger charge is 2.35. The summed E-state index contributed by atoms with van der Waals surface area (Å²) >= 11 is 0. The van der Waals surface area contributed by atoms with E-state index in [1.54, 1.807) is 5.43 Å². The molecular formula is C29H39N9O18. The minimum absolute atomic E-state index is 0.341. The normalized spacial score (nSPS) is 13.1. The van der Waals surface area contributed by atoms with Crippen molar-refractivity contribution in [3.63, 3.8) is 0 Å². The molecule has 2 rings (SSSR count). The highest BCUT2D eigenvalue weighted by molar-refractivity contribution is 5.99. The van der Waals surface area contributed by atoms with Crippen molar-refractivity contribution in [2.45, 2.75) is 77.0 Å². The Morgan fingerprint density at radius 1 is 0.768 bits per heavy atom. The summed E-state index contributed by atoms with van der Waals surface area (Å²) in [5.74, 6) is -14.2. The van der Waals surface area contributed by atoms with Crippen molar-refractivity contribution in [1.29, 1.82) is 0 Å². The van der Waals surface area contributed by atoms with Crippen molar-refractivity contribution >= 4 is 65.1 Å². The lowest BCUT2D eigenvalue weighted by Gasteiger charge is -2.20. The van der Waals surface area contributed by atoms with Gasteiger partial charge in [0.05, 0.1) is 25.7 Å². The van der Waals surface area contributed by atoms with Crippen LogP contribution < -0.4 is 27.6 Å². The van der Waals surface area contributed by atoms with Gasteiger partial charge in [-0.25, -0.2) is 23.8 Å². The van der Waals surface area contributed by atoms with E-state index in [4.69, 9.17) is 29.8 Å². The molecule has 4 amide bonds. The summed E-state index contributed by atoms with van der Waals surface area (Å²) < 4.78 is 25.4. The number of carbonyl (C=O) groups is 10. The Bertz CT molecular complexity index is 1880. The van der Waals surface area contributed by atoms with E-state index in [1.165, 1.54) is 21.0 Å². The van der Waals surface area contributed by atoms with Crippen molar-refractivity contribution in [1.82, 2.24) is 40.5 Å². The maximum absolute atomic E-state index is 13.0. The van der Waals surface area contributed by atoms with Gasteiger partial charge in [-0.15, -0.1) is 5.10 Å². The number of nitrogens with zero attached hydrogens (tertiary/aromatic N) is 5. The highest BCUT2D eigenvalue weighted by atomic mass is 16.6. The second-order valence-corrected chi connectivity index (χ2v) is 10.5. The van der Waals surface area contributed by atoms with E-state index in [2.05, 4.69) is 25.3 Å². The summed E-state index contributed by atoms with van der Waals surface area (Å²) in [6.07, 6.45) is -13.5. The third-order valence-corrected chi connectivity index (χ3v) is 6.61. The van der Waals surface area contributed by atoms with Crippen molar-refractivity contribution in [2.75, 3.05) is 14.2 Å². The first-order valence-electron chi connectivity index (χ1n) is 15.9. The van der Waals surface area contributed by atoms with Crippen LogP contribution in [0.3, 0.4) is 0 Å². The van der Waals surface area contributed by atoms with E-state index in [-0.39, 0.29) is 5.65 Å². The summed E-state index contributed by atoms with van der Waals surface area (Å²) in [5, 5.41) is 28.0. The largest absolute Gasteiger partial charge is 0.479 e. The molecule has 0 radical (unpaired) electrons. The minimum atomic E-state index is -2.38. The van der Waals surface area contributed by atoms with E-state index in [0.29, 0.717) is 0 Å². The fourth-order valence-corrected chi connectivity index (χ4v) is 3.87. The van der Waals surface area contributed by atoms with Crippen LogP contribution >= 0.6 is 0 Å². The van der Waals surface area contributed by atoms with Gasteiger partial charge in [-0.2, -0.15) is 4.68 Å². The molecular weight excluding hydrogens is 762 g/mol. The second-order valence-electron chi connectivity index (χ2n) is 10.5. The van der Waals surface area contributed by atoms with E-state index in [0.717, 1.165) is 22.5 Å². The van der Waals surface area contributed by atoms with Gasteiger partial charge in [-0.1, -0.05) is 19.1 Å². The Morgan fingerprint density at radius 2 is 1.25 bits per heavy atom. The third-order valence-electron chi connectivity index (χ3n) is 6.61. The Balaban J connectivity index is 0.00000771. The lowest BCUT2D eigenvalue weighted by atomic mass is 10.2. The van der Waals surface area contributed by atoms with Crippen LogP contribution in [0, 0.1) is 0 Å². The Kier molecular flexibility index (Phi) is 18.6. The van der Waals surface area contributed by atoms with Crippen LogP contribution in [0.25, 0.3) is 5.65 Å². The van der Waals surface area contributed by atoms with Gasteiger partial charge in [0.25, 0.3) is 23.6 Å². The SMILES string of the molecule is CC.CNC(=O)C(C)OC(=O)CC(OC(=O)CC(OC(=O)CC(OC(=O)CC(OC)C(=O)O)C(=O)NNC(=O)c1ncn2c(=O)n(C)nnc12)C(=O)O)C(N)=O. The first kappa shape index (κ1) is 47.0. The molecule has 56 heavy (non-hydrogen) atoms. The fraction of sp³-hybridized carbons (Fsp3) is 0.517. The van der Waals surface area contributed by atoms with Crippen LogP contribution in [0.4, 0.5) is 0 Å². The second kappa shape index (κ2) is 22.2. The van der Waals surface area contributed by atoms with Crippen molar-refractivity contribution < 1.29 is 81.8 Å². The molecule has 5 unspecified atom stereocenters. The zero-order valence-corrected chi connectivity index (χ0v) is 30.5. The summed E-state index contributed by atoms with van der Waals surface area (Å²) in [4.78, 5) is 138. The van der Waals surface area contributed by atoms with Gasteiger partial charge in [0.2, 0.25) is 6.10 Å². The van der Waals surface area contributed by atoms with Crippen molar-refractivity contribution in [3.05, 3.63) is 22.5 Å². The number of esters is 4. The third kappa shape index (κ3) is 14.1. The van der Waals surface area contributed by atoms with E-state index < -0.39 is 127 Å². The molecule has 0 fully saturated rings. The van der Waals surface area contributed by atoms with Crippen LogP contribution in [0.15, 0.2) is 11.1 Å². The number of imidazole rings is 1. The first-order valence-corrected chi connectivity index (χ1v) is 15.9. The number of carbonyl (C=O) groups excluding carboxylic acids is 8. The number of carboxylic acids is 2. The molecule has 27 heteroatoms. The number of likely N-dealkylation sites (N-methyl/N-ethyl adjacent to an activating group) is 1. The number of fused-ring (bicyclic) bond motifs is 1. The van der Waals surface area contributed by atoms with Gasteiger partial charge >= 0.3 is 41.5 Å². The molecule has 0 saturated heterocycles. The fourth-order valence-electron chi connectivity index (χ4n) is 3.87. The molecule has 0 bridgehead atoms. The molecule has 0 aromatic carbocycles. The molecule has 0 saturated carbocycles. The average molecular weight is 802 g/mol. The molecule has 2 aromatic rings. The van der Waals surface area contributed by atoms with Crippen molar-refractivity contribution in [3.8, 4) is 0 Å². The maximum atomic E-state index is 13.0. The molecule has 0 aliphatic carbocycles. The molecule has 7 N–H and O–H groups in total. The maximum Gasteiger partial charge on any atom is 0.352 e. The van der Waals surface area contributed by atoms with Crippen LogP contribution in [0.5, 0.6) is 0 Å². The number of aliphatic carboxylic acids is 2. The molecule has 5 atom stereocenters. The first-order chi connectivity index (χ1) is 26.3. The number of hydrogen-bond donors (Lipinski definition) is 6. The Hall–Kier alpha value is -7.06. The average Bonchev–Trinajstić information content (AvgIpc) is 3.58. The molecule has 2 aromatic heterocycles. The summed E-state index contributed by atoms with van der Waals surface area (Å²) in [6, 6.07) is 0. The van der Waals surface area contributed by atoms with Crippen LogP contribution in [0.2, 0.25) is 0 Å². The topological polar surface area (TPSA) is 384 Å². The number of nitrogens with two attached hydrogens (primary N) is 1. The number of nitrogens with one attached hydrogen (secondary N) is 3. The molecule has 0 aliphatic rings. The lowest BCUT2D eigenvalue weighted by molar-refractivity contribution is -0.175. The summed E-state index contributed by atoms with van der Waals surface area (Å²) in [7, 11) is 3.45. The smallest absolute Gasteiger partial charge is 0.352 e. The van der Waals surface area contributed by atoms with Gasteiger partial charge in [0.1, 0.15) is 6.33 Å². The van der Waals surface area contributed by atoms with Gasteiger partial charge in [0, 0.05) is 21.2 Å². The number of hydrazine groups is 1. The lowest BCUT2D eigenvalue weighted by Crippen LogP contribution is -2.49. The van der Waals surface area contributed by atoms with Crippen LogP contribution in [-0.2, 0) is 73.9 Å². The van der Waals surface area contributed by atoms with Crippen LogP contribution in [-0.4, -0.2) is 139 Å². The molecule has 2 heterocycles. The van der Waals surface area contributed by atoms with Gasteiger partial charge < -0.3 is 44.9 Å². The standard InChI is InChI=1S/C27H33N9O18.C2H6/c1-10(22(42)29-2)51-15(37)5-11(20(28)41)52-18(40)8-14(26(47)48)54-16(38)6-12(53-17(39)7-13(50-4)25(45)46)23(43)32-33-24(44)19-21-31-34-35(3)27(49)36(21)9-30-19;1-2/h9-14H,5-8H2,1-4H3,(H2,28,41)(H,29,42)(H,32,43)(H,33,44)(H,45,46)(H,47,48);1-2H3. The molecule has 27 nitrogen and oxygen atoms in total. The Labute approximate surface area is 314 Å². The molecule has 0 aliphatic heterocycles. The monoisotopic (exact) mass is 801 g/mol. The van der Waals surface area contributed by atoms with E-state index in [9.17, 15) is 57.8 Å². The number of carboxylic acid groups (broad SMARTS) is 2. The number of amides is 4. The minimum Gasteiger partial charge on any atom is -0.479 e.